The predicted octanol–water partition coefficient (Wildman–Crippen LogP) is 5.70. The number of thiazole rings is 1. The topological polar surface area (TPSA) is 74.3 Å². The summed E-state index contributed by atoms with van der Waals surface area (Å²) >= 11 is 2.88. The Morgan fingerprint density at radius 2 is 1.82 bits per heavy atom. The van der Waals surface area contributed by atoms with E-state index in [-0.39, 0.29) is 5.56 Å². The second-order valence-corrected chi connectivity index (χ2v) is 11.2. The highest BCUT2D eigenvalue weighted by Gasteiger charge is 2.15. The van der Waals surface area contributed by atoms with Gasteiger partial charge in [0.1, 0.15) is 11.4 Å². The van der Waals surface area contributed by atoms with Crippen molar-refractivity contribution in [2.24, 2.45) is 5.92 Å². The van der Waals surface area contributed by atoms with Crippen LogP contribution < -0.4 is 14.8 Å². The van der Waals surface area contributed by atoms with Crippen molar-refractivity contribution in [3.05, 3.63) is 98.8 Å². The number of ether oxygens (including phenoxy) is 1. The van der Waals surface area contributed by atoms with Gasteiger partial charge in [0.2, 0.25) is 4.96 Å². The van der Waals surface area contributed by atoms with Crippen molar-refractivity contribution < 1.29 is 4.74 Å². The number of para-hydroxylation sites is 1. The number of rotatable bonds is 8. The van der Waals surface area contributed by atoms with Gasteiger partial charge in [-0.15, -0.1) is 16.4 Å². The Balaban J connectivity index is 1.39. The van der Waals surface area contributed by atoms with Gasteiger partial charge in [0.25, 0.3) is 5.56 Å². The number of aromatic nitrogens is 5. The van der Waals surface area contributed by atoms with E-state index < -0.39 is 0 Å². The summed E-state index contributed by atoms with van der Waals surface area (Å²) in [6.45, 7) is 5.06. The van der Waals surface area contributed by atoms with Crippen molar-refractivity contribution in [2.75, 3.05) is 6.61 Å². The fraction of sp³-hybridized carbons (Fsp3) is 0.172. The zero-order valence-electron chi connectivity index (χ0n) is 20.9. The maximum Gasteiger partial charge on any atom is 0.291 e. The van der Waals surface area contributed by atoms with Gasteiger partial charge in [0, 0.05) is 17.3 Å². The van der Waals surface area contributed by atoms with E-state index in [1.165, 1.54) is 15.9 Å². The molecule has 0 aliphatic rings. The highest BCUT2D eigenvalue weighted by atomic mass is 32.1. The van der Waals surface area contributed by atoms with Gasteiger partial charge in [-0.05, 0) is 66.3 Å². The summed E-state index contributed by atoms with van der Waals surface area (Å²) < 4.78 is 9.67. The van der Waals surface area contributed by atoms with Crippen LogP contribution in [0.15, 0.2) is 83.1 Å². The van der Waals surface area contributed by atoms with Crippen LogP contribution in [0.3, 0.4) is 0 Å². The molecule has 4 aromatic heterocycles. The molecule has 0 aliphatic heterocycles. The molecule has 0 unspecified atom stereocenters. The fourth-order valence-corrected chi connectivity index (χ4v) is 5.59. The van der Waals surface area contributed by atoms with Gasteiger partial charge in [-0.25, -0.2) is 4.68 Å². The Morgan fingerprint density at radius 1 is 1.00 bits per heavy atom. The summed E-state index contributed by atoms with van der Waals surface area (Å²) in [5.74, 6) is 2.00. The lowest BCUT2D eigenvalue weighted by atomic mass is 10.1. The predicted molar refractivity (Wildman–Crippen MR) is 153 cm³/mol. The summed E-state index contributed by atoms with van der Waals surface area (Å²) in [5, 5.41) is 11.3. The molecule has 190 valence electrons. The zero-order chi connectivity index (χ0) is 26.1. The minimum atomic E-state index is -0.187. The lowest BCUT2D eigenvalue weighted by molar-refractivity contribution is 0.289. The zero-order valence-corrected chi connectivity index (χ0v) is 22.6. The first-order valence-electron chi connectivity index (χ1n) is 12.4. The molecule has 6 rings (SSSR count). The van der Waals surface area contributed by atoms with Crippen LogP contribution in [-0.2, 0) is 0 Å². The number of benzene rings is 2. The van der Waals surface area contributed by atoms with Crippen LogP contribution >= 0.6 is 22.7 Å². The molecular formula is C29H25N5O2S2. The number of hydrogen-bond acceptors (Lipinski definition) is 7. The van der Waals surface area contributed by atoms with E-state index in [0.29, 0.717) is 27.8 Å². The van der Waals surface area contributed by atoms with Crippen molar-refractivity contribution in [1.29, 1.82) is 0 Å². The van der Waals surface area contributed by atoms with Crippen LogP contribution in [-0.4, -0.2) is 31.0 Å². The molecule has 0 N–H and O–H groups in total. The standard InChI is InChI=1S/C29H25N5O2S2/c1-19(2)14-15-36-23-12-10-20(11-13-23)26-21(18-33(31-26)22-7-4-3-5-8-22)17-25-28(35)34-29(38-25)30-27(32-34)24-9-6-16-37-24/h3-13,16-19H,14-15H2,1-2H3/b25-17-. The van der Waals surface area contributed by atoms with Gasteiger partial charge < -0.3 is 4.74 Å². The maximum atomic E-state index is 13.2. The van der Waals surface area contributed by atoms with E-state index in [1.807, 2.05) is 89.1 Å². The minimum Gasteiger partial charge on any atom is -0.494 e. The third-order valence-corrected chi connectivity index (χ3v) is 7.89. The molecule has 6 aromatic rings. The Hall–Kier alpha value is -4.08. The average Bonchev–Trinajstić information content (AvgIpc) is 3.72. The molecule has 0 aliphatic carbocycles. The van der Waals surface area contributed by atoms with Crippen LogP contribution in [0.5, 0.6) is 5.75 Å². The SMILES string of the molecule is CC(C)CCOc1ccc(-c2nn(-c3ccccc3)cc2/C=c2\sc3nc(-c4cccs4)nn3c2=O)cc1. The smallest absolute Gasteiger partial charge is 0.291 e. The summed E-state index contributed by atoms with van der Waals surface area (Å²) in [4.78, 5) is 19.3. The number of thiophene rings is 1. The van der Waals surface area contributed by atoms with Crippen LogP contribution in [0.4, 0.5) is 0 Å². The first kappa shape index (κ1) is 24.3. The fourth-order valence-electron chi connectivity index (χ4n) is 4.04. The highest BCUT2D eigenvalue weighted by Crippen LogP contribution is 2.27. The van der Waals surface area contributed by atoms with Gasteiger partial charge in [0.05, 0.1) is 21.7 Å². The molecule has 0 amide bonds. The van der Waals surface area contributed by atoms with Gasteiger partial charge in [0.15, 0.2) is 5.82 Å². The lowest BCUT2D eigenvalue weighted by Gasteiger charge is -2.08. The molecule has 7 nitrogen and oxygen atoms in total. The molecule has 0 radical (unpaired) electrons. The summed E-state index contributed by atoms with van der Waals surface area (Å²) in [6, 6.07) is 21.8. The Bertz CT molecular complexity index is 1780. The van der Waals surface area contributed by atoms with Crippen molar-refractivity contribution in [3.8, 4) is 33.4 Å². The minimum absolute atomic E-state index is 0.187. The van der Waals surface area contributed by atoms with Gasteiger partial charge in [-0.3, -0.25) is 4.79 Å². The largest absolute Gasteiger partial charge is 0.494 e. The van der Waals surface area contributed by atoms with Gasteiger partial charge >= 0.3 is 0 Å². The average molecular weight is 540 g/mol. The van der Waals surface area contributed by atoms with Crippen LogP contribution in [0.1, 0.15) is 25.8 Å². The molecule has 0 spiro atoms. The van der Waals surface area contributed by atoms with Crippen LogP contribution in [0.25, 0.3) is 38.7 Å². The van der Waals surface area contributed by atoms with E-state index in [0.717, 1.165) is 39.6 Å². The highest BCUT2D eigenvalue weighted by molar-refractivity contribution is 7.15. The number of fused-ring (bicyclic) bond motifs is 1. The van der Waals surface area contributed by atoms with Crippen molar-refractivity contribution in [2.45, 2.75) is 20.3 Å². The Labute approximate surface area is 227 Å². The molecule has 2 aromatic carbocycles. The van der Waals surface area contributed by atoms with Gasteiger partial charge in [-0.1, -0.05) is 49.4 Å². The van der Waals surface area contributed by atoms with Crippen molar-refractivity contribution in [3.63, 3.8) is 0 Å². The van der Waals surface area contributed by atoms with Crippen LogP contribution in [0, 0.1) is 5.92 Å². The van der Waals surface area contributed by atoms with E-state index in [4.69, 9.17) is 9.84 Å². The van der Waals surface area contributed by atoms with E-state index in [1.54, 1.807) is 11.3 Å². The normalized spacial score (nSPS) is 12.1. The molecule has 4 heterocycles. The molecular weight excluding hydrogens is 514 g/mol. The molecule has 0 bridgehead atoms. The monoisotopic (exact) mass is 539 g/mol. The van der Waals surface area contributed by atoms with E-state index in [9.17, 15) is 4.79 Å². The third-order valence-electron chi connectivity index (χ3n) is 6.06. The molecule has 0 fully saturated rings. The van der Waals surface area contributed by atoms with Gasteiger partial charge in [-0.2, -0.15) is 14.6 Å². The Morgan fingerprint density at radius 3 is 2.53 bits per heavy atom. The van der Waals surface area contributed by atoms with E-state index in [2.05, 4.69) is 23.9 Å². The first-order valence-corrected chi connectivity index (χ1v) is 14.1. The van der Waals surface area contributed by atoms with Crippen molar-refractivity contribution >= 4 is 33.7 Å². The number of nitrogens with zero attached hydrogens (tertiary/aromatic N) is 5. The molecule has 9 heteroatoms. The summed E-state index contributed by atoms with van der Waals surface area (Å²) in [6.07, 6.45) is 4.83. The van der Waals surface area contributed by atoms with Crippen molar-refractivity contribution in [1.82, 2.24) is 24.4 Å². The second-order valence-electron chi connectivity index (χ2n) is 9.29. The second kappa shape index (κ2) is 10.4. The quantitative estimate of drug-likeness (QED) is 0.248. The maximum absolute atomic E-state index is 13.2. The van der Waals surface area contributed by atoms with E-state index >= 15 is 0 Å². The molecule has 0 atom stereocenters. The summed E-state index contributed by atoms with van der Waals surface area (Å²) in [7, 11) is 0. The van der Waals surface area contributed by atoms with Crippen LogP contribution in [0.2, 0.25) is 0 Å². The first-order chi connectivity index (χ1) is 18.5. The third kappa shape index (κ3) is 4.90. The molecule has 0 saturated heterocycles. The summed E-state index contributed by atoms with van der Waals surface area (Å²) in [5.41, 5.74) is 3.30. The molecule has 0 saturated carbocycles. The Kier molecular flexibility index (Phi) is 6.61. The molecule has 38 heavy (non-hydrogen) atoms. The number of hydrogen-bond donors (Lipinski definition) is 0. The lowest BCUT2D eigenvalue weighted by Crippen LogP contribution is -2.23.